The maximum absolute atomic E-state index is 13.3. The van der Waals surface area contributed by atoms with Gasteiger partial charge in [-0.2, -0.15) is 0 Å². The average molecular weight is 553 g/mol. The molecule has 1 aromatic heterocycles. The molecular formula is C27H25ClN4O5S. The maximum Gasteiger partial charge on any atom is 0.340 e. The van der Waals surface area contributed by atoms with Crippen molar-refractivity contribution in [2.75, 3.05) is 22.1 Å². The zero-order valence-electron chi connectivity index (χ0n) is 21.0. The van der Waals surface area contributed by atoms with Crippen LogP contribution in [-0.4, -0.2) is 35.3 Å². The number of hydrogen-bond donors (Lipinski definition) is 2. The molecule has 38 heavy (non-hydrogen) atoms. The number of rotatable bonds is 9. The zero-order valence-corrected chi connectivity index (χ0v) is 22.5. The van der Waals surface area contributed by atoms with Crippen molar-refractivity contribution >= 4 is 63.1 Å². The molecule has 0 saturated heterocycles. The number of carbonyl (C=O) groups is 4. The summed E-state index contributed by atoms with van der Waals surface area (Å²) in [5.41, 5.74) is 1.49. The van der Waals surface area contributed by atoms with Gasteiger partial charge in [-0.05, 0) is 50.6 Å². The van der Waals surface area contributed by atoms with Crippen LogP contribution in [0.1, 0.15) is 51.1 Å². The first kappa shape index (κ1) is 27.0. The van der Waals surface area contributed by atoms with Crippen molar-refractivity contribution in [3.8, 4) is 0 Å². The van der Waals surface area contributed by atoms with Crippen molar-refractivity contribution in [3.63, 3.8) is 0 Å². The summed E-state index contributed by atoms with van der Waals surface area (Å²) in [6.45, 7) is 5.97. The molecule has 0 spiro atoms. The number of esters is 1. The maximum atomic E-state index is 13.3. The Morgan fingerprint density at radius 2 is 1.84 bits per heavy atom. The first-order valence-corrected chi connectivity index (χ1v) is 13.1. The number of hydrogen-bond acceptors (Lipinski definition) is 8. The van der Waals surface area contributed by atoms with Crippen molar-refractivity contribution in [2.24, 2.45) is 0 Å². The number of nitrogens with zero attached hydrogens (tertiary/aromatic N) is 2. The van der Waals surface area contributed by atoms with Gasteiger partial charge in [0.2, 0.25) is 0 Å². The number of ether oxygens (including phenoxy) is 1. The van der Waals surface area contributed by atoms with E-state index in [4.69, 9.17) is 16.3 Å². The van der Waals surface area contributed by atoms with Crippen molar-refractivity contribution in [1.29, 1.82) is 0 Å². The van der Waals surface area contributed by atoms with E-state index in [1.165, 1.54) is 29.5 Å². The Kier molecular flexibility index (Phi) is 8.23. The number of halogens is 1. The third-order valence-electron chi connectivity index (χ3n) is 5.77. The monoisotopic (exact) mass is 552 g/mol. The largest absolute Gasteiger partial charge is 0.462 e. The van der Waals surface area contributed by atoms with Crippen LogP contribution in [0.4, 0.5) is 16.5 Å². The van der Waals surface area contributed by atoms with Gasteiger partial charge >= 0.3 is 5.97 Å². The number of carbonyl (C=O) groups excluding carboxylic acids is 4. The third-order valence-corrected chi connectivity index (χ3v) is 7.11. The molecule has 11 heteroatoms. The van der Waals surface area contributed by atoms with Crippen LogP contribution in [0.2, 0.25) is 0 Å². The van der Waals surface area contributed by atoms with Crippen molar-refractivity contribution < 1.29 is 23.9 Å². The third kappa shape index (κ3) is 5.61. The van der Waals surface area contributed by atoms with Gasteiger partial charge in [0.05, 0.1) is 23.6 Å². The van der Waals surface area contributed by atoms with Gasteiger partial charge < -0.3 is 10.1 Å². The molecule has 1 aliphatic rings. The molecule has 0 fully saturated rings. The molecule has 0 radical (unpaired) electrons. The Morgan fingerprint density at radius 1 is 1.08 bits per heavy atom. The predicted octanol–water partition coefficient (Wildman–Crippen LogP) is 5.40. The highest BCUT2D eigenvalue weighted by Crippen LogP contribution is 2.32. The second-order valence-electron chi connectivity index (χ2n) is 8.46. The van der Waals surface area contributed by atoms with Crippen LogP contribution >= 0.6 is 22.9 Å². The van der Waals surface area contributed by atoms with Crippen LogP contribution in [0, 0.1) is 13.8 Å². The number of unbranched alkanes of at least 4 members (excludes halogenated alkanes) is 1. The molecule has 0 unspecified atom stereocenters. The lowest BCUT2D eigenvalue weighted by atomic mass is 10.1. The number of amides is 3. The van der Waals surface area contributed by atoms with Crippen LogP contribution in [0.15, 0.2) is 59.3 Å². The highest BCUT2D eigenvalue weighted by atomic mass is 35.5. The van der Waals surface area contributed by atoms with Crippen LogP contribution in [0.5, 0.6) is 0 Å². The summed E-state index contributed by atoms with van der Waals surface area (Å²) >= 11 is 7.65. The molecule has 4 rings (SSSR count). The topological polar surface area (TPSA) is 118 Å². The number of thiazole rings is 1. The van der Waals surface area contributed by atoms with Gasteiger partial charge in [0.15, 0.2) is 5.13 Å². The second-order valence-corrected chi connectivity index (χ2v) is 10.0. The van der Waals surface area contributed by atoms with E-state index in [0.29, 0.717) is 22.8 Å². The fourth-order valence-corrected chi connectivity index (χ4v) is 4.66. The molecule has 3 aromatic rings. The highest BCUT2D eigenvalue weighted by molar-refractivity contribution is 7.15. The number of anilines is 3. The minimum absolute atomic E-state index is 0.0705. The van der Waals surface area contributed by atoms with E-state index in [2.05, 4.69) is 15.6 Å². The van der Waals surface area contributed by atoms with Crippen LogP contribution in [0.25, 0.3) is 0 Å². The number of aromatic nitrogens is 1. The molecule has 196 valence electrons. The van der Waals surface area contributed by atoms with E-state index in [1.54, 1.807) is 30.3 Å². The van der Waals surface area contributed by atoms with Gasteiger partial charge in [-0.25, -0.2) is 14.7 Å². The normalized spacial score (nSPS) is 13.2. The van der Waals surface area contributed by atoms with E-state index >= 15 is 0 Å². The quantitative estimate of drug-likeness (QED) is 0.207. The lowest BCUT2D eigenvalue weighted by Gasteiger charge is -2.18. The lowest BCUT2D eigenvalue weighted by molar-refractivity contribution is -0.120. The zero-order chi connectivity index (χ0) is 27.4. The van der Waals surface area contributed by atoms with E-state index in [1.807, 2.05) is 20.8 Å². The Hall–Kier alpha value is -4.02. The number of imide groups is 1. The molecule has 9 nitrogen and oxygen atoms in total. The fourth-order valence-electron chi connectivity index (χ4n) is 3.64. The van der Waals surface area contributed by atoms with Gasteiger partial charge in [-0.1, -0.05) is 43.1 Å². The fraction of sp³-hybridized carbons (Fsp3) is 0.222. The molecule has 2 aromatic carbocycles. The number of benzene rings is 2. The predicted molar refractivity (Wildman–Crippen MR) is 147 cm³/mol. The van der Waals surface area contributed by atoms with Gasteiger partial charge in [0, 0.05) is 16.1 Å². The van der Waals surface area contributed by atoms with Gasteiger partial charge in [-0.15, -0.1) is 11.3 Å². The summed E-state index contributed by atoms with van der Waals surface area (Å²) < 4.78 is 5.28. The van der Waals surface area contributed by atoms with Crippen LogP contribution < -0.4 is 15.5 Å². The summed E-state index contributed by atoms with van der Waals surface area (Å²) in [6.07, 6.45) is 1.54. The molecule has 2 N–H and O–H groups in total. The molecule has 0 saturated carbocycles. The van der Waals surface area contributed by atoms with Crippen molar-refractivity contribution in [3.05, 3.63) is 81.0 Å². The van der Waals surface area contributed by atoms with Crippen molar-refractivity contribution in [1.82, 2.24) is 4.98 Å². The van der Waals surface area contributed by atoms with Gasteiger partial charge in [-0.3, -0.25) is 19.7 Å². The number of nitrogens with one attached hydrogen (secondary N) is 2. The van der Waals surface area contributed by atoms with E-state index in [0.717, 1.165) is 21.9 Å². The van der Waals surface area contributed by atoms with Crippen molar-refractivity contribution in [2.45, 2.75) is 33.6 Å². The first-order valence-electron chi connectivity index (χ1n) is 11.9. The van der Waals surface area contributed by atoms with Gasteiger partial charge in [0.25, 0.3) is 17.7 Å². The second kappa shape index (κ2) is 11.6. The SMILES string of the molecule is CCCCOC(=O)c1ccccc1N1C(=O)C(Cl)=C(Nc2cccc(C(=O)Nc3nc(C)c(C)s3)c2)C1=O. The van der Waals surface area contributed by atoms with Crippen LogP contribution in [-0.2, 0) is 14.3 Å². The van der Waals surface area contributed by atoms with Crippen LogP contribution in [0.3, 0.4) is 0 Å². The minimum atomic E-state index is -0.781. The summed E-state index contributed by atoms with van der Waals surface area (Å²) in [6, 6.07) is 12.6. The molecular weight excluding hydrogens is 528 g/mol. The number of aryl methyl sites for hydroxylation is 2. The molecule has 0 bridgehead atoms. The van der Waals surface area contributed by atoms with Gasteiger partial charge in [0.1, 0.15) is 10.7 Å². The average Bonchev–Trinajstić information content (AvgIpc) is 3.33. The molecule has 1 aliphatic heterocycles. The Morgan fingerprint density at radius 3 is 2.55 bits per heavy atom. The summed E-state index contributed by atoms with van der Waals surface area (Å²) in [4.78, 5) is 57.9. The lowest BCUT2D eigenvalue weighted by Crippen LogP contribution is -2.33. The molecule has 0 atom stereocenters. The first-order chi connectivity index (χ1) is 18.2. The Balaban J connectivity index is 1.54. The summed E-state index contributed by atoms with van der Waals surface area (Å²) in [5.74, 6) is -2.54. The Bertz CT molecular complexity index is 1450. The number of para-hydroxylation sites is 1. The summed E-state index contributed by atoms with van der Waals surface area (Å²) in [5, 5.41) is 5.76. The smallest absolute Gasteiger partial charge is 0.340 e. The van der Waals surface area contributed by atoms with E-state index < -0.39 is 17.8 Å². The van der Waals surface area contributed by atoms with E-state index in [9.17, 15) is 19.2 Å². The molecule has 3 amide bonds. The molecule has 0 aliphatic carbocycles. The summed E-state index contributed by atoms with van der Waals surface area (Å²) in [7, 11) is 0. The van der Waals surface area contributed by atoms with E-state index in [-0.39, 0.29) is 34.5 Å². The Labute approximate surface area is 228 Å². The highest BCUT2D eigenvalue weighted by Gasteiger charge is 2.40. The molecule has 2 heterocycles. The minimum Gasteiger partial charge on any atom is -0.462 e. The standard InChI is InChI=1S/C27H25ClN4O5S/c1-4-5-13-37-26(36)19-11-6-7-12-20(19)32-24(34)21(28)22(25(32)35)30-18-10-8-9-17(14-18)23(33)31-27-29-15(2)16(3)38-27/h6-12,14,30H,4-5,13H2,1-3H3,(H,29,31,33).